The zero-order chi connectivity index (χ0) is 13.7. The minimum absolute atomic E-state index is 0.812. The molecule has 2 aliphatic carbocycles. The zero-order valence-corrected chi connectivity index (χ0v) is 13.5. The van der Waals surface area contributed by atoms with Gasteiger partial charge in [0.15, 0.2) is 0 Å². The van der Waals surface area contributed by atoms with Crippen LogP contribution in [0.25, 0.3) is 0 Å². The van der Waals surface area contributed by atoms with Gasteiger partial charge >= 0.3 is 0 Å². The first-order valence-corrected chi connectivity index (χ1v) is 8.95. The van der Waals surface area contributed by atoms with Crippen molar-refractivity contribution in [3.63, 3.8) is 0 Å². The molecule has 1 N–H and O–H groups in total. The van der Waals surface area contributed by atoms with Gasteiger partial charge in [-0.2, -0.15) is 0 Å². The fourth-order valence-corrected chi connectivity index (χ4v) is 4.84. The van der Waals surface area contributed by atoms with E-state index in [1.54, 1.807) is 0 Å². The van der Waals surface area contributed by atoms with Crippen molar-refractivity contribution in [2.75, 3.05) is 7.05 Å². The first-order chi connectivity index (χ1) is 9.28. The van der Waals surface area contributed by atoms with Crippen LogP contribution in [0.3, 0.4) is 0 Å². The van der Waals surface area contributed by atoms with Crippen LogP contribution in [0.1, 0.15) is 78.1 Å². The molecular formula is C18H35N. The molecule has 0 saturated heterocycles. The minimum atomic E-state index is 0.812. The van der Waals surface area contributed by atoms with Gasteiger partial charge in [0.2, 0.25) is 0 Å². The molecule has 2 saturated carbocycles. The molecule has 0 heterocycles. The fourth-order valence-electron chi connectivity index (χ4n) is 4.84. The van der Waals surface area contributed by atoms with Crippen molar-refractivity contribution in [2.24, 2.45) is 23.7 Å². The zero-order valence-electron chi connectivity index (χ0n) is 13.5. The molecule has 0 aliphatic heterocycles. The first kappa shape index (κ1) is 15.4. The van der Waals surface area contributed by atoms with Gasteiger partial charge in [0, 0.05) is 6.04 Å². The van der Waals surface area contributed by atoms with Gasteiger partial charge in [0.05, 0.1) is 0 Å². The predicted molar refractivity (Wildman–Crippen MR) is 84.3 cm³/mol. The van der Waals surface area contributed by atoms with Crippen LogP contribution < -0.4 is 5.32 Å². The molecule has 0 bridgehead atoms. The summed E-state index contributed by atoms with van der Waals surface area (Å²) < 4.78 is 0. The number of nitrogens with one attached hydrogen (secondary N) is 1. The summed E-state index contributed by atoms with van der Waals surface area (Å²) in [5.41, 5.74) is 0. The van der Waals surface area contributed by atoms with Gasteiger partial charge in [-0.15, -0.1) is 0 Å². The summed E-state index contributed by atoms with van der Waals surface area (Å²) in [6.07, 6.45) is 14.7. The Labute approximate surface area is 120 Å². The van der Waals surface area contributed by atoms with E-state index in [1.807, 2.05) is 0 Å². The SMILES string of the molecule is CCC1CCC(C(NC)C2CCCC(CC)C2)CC1. The number of hydrogen-bond acceptors (Lipinski definition) is 1. The second kappa shape index (κ2) is 7.67. The molecule has 1 heteroatoms. The first-order valence-electron chi connectivity index (χ1n) is 8.95. The molecule has 0 aromatic heterocycles. The van der Waals surface area contributed by atoms with Crippen molar-refractivity contribution in [3.8, 4) is 0 Å². The Hall–Kier alpha value is -0.0400. The Balaban J connectivity index is 1.88. The molecule has 2 fully saturated rings. The molecule has 0 aromatic carbocycles. The molecule has 0 aromatic rings. The van der Waals surface area contributed by atoms with Crippen molar-refractivity contribution in [2.45, 2.75) is 84.1 Å². The summed E-state index contributed by atoms with van der Waals surface area (Å²) >= 11 is 0. The Bertz CT molecular complexity index is 242. The summed E-state index contributed by atoms with van der Waals surface area (Å²) in [4.78, 5) is 0. The van der Waals surface area contributed by atoms with Gasteiger partial charge < -0.3 is 5.32 Å². The molecule has 19 heavy (non-hydrogen) atoms. The van der Waals surface area contributed by atoms with E-state index in [-0.39, 0.29) is 0 Å². The summed E-state index contributed by atoms with van der Waals surface area (Å²) in [7, 11) is 2.21. The lowest BCUT2D eigenvalue weighted by atomic mass is 9.69. The van der Waals surface area contributed by atoms with Crippen LogP contribution in [0.4, 0.5) is 0 Å². The van der Waals surface area contributed by atoms with Crippen LogP contribution in [-0.2, 0) is 0 Å². The quantitative estimate of drug-likeness (QED) is 0.737. The third-order valence-electron chi connectivity index (χ3n) is 6.22. The normalized spacial score (nSPS) is 38.1. The topological polar surface area (TPSA) is 12.0 Å². The molecule has 2 rings (SSSR count). The Morgan fingerprint density at radius 1 is 0.842 bits per heavy atom. The second-order valence-electron chi connectivity index (χ2n) is 7.20. The van der Waals surface area contributed by atoms with Gasteiger partial charge in [0.1, 0.15) is 0 Å². The van der Waals surface area contributed by atoms with Gasteiger partial charge in [-0.25, -0.2) is 0 Å². The highest BCUT2D eigenvalue weighted by atomic mass is 14.9. The number of rotatable bonds is 5. The molecule has 1 nitrogen and oxygen atoms in total. The van der Waals surface area contributed by atoms with Crippen molar-refractivity contribution in [1.29, 1.82) is 0 Å². The molecule has 112 valence electrons. The monoisotopic (exact) mass is 265 g/mol. The Kier molecular flexibility index (Phi) is 6.19. The third kappa shape index (κ3) is 3.97. The highest BCUT2D eigenvalue weighted by molar-refractivity contribution is 4.88. The van der Waals surface area contributed by atoms with Crippen molar-refractivity contribution in [3.05, 3.63) is 0 Å². The van der Waals surface area contributed by atoms with E-state index in [0.29, 0.717) is 0 Å². The van der Waals surface area contributed by atoms with E-state index < -0.39 is 0 Å². The van der Waals surface area contributed by atoms with E-state index in [2.05, 4.69) is 26.2 Å². The molecule has 3 unspecified atom stereocenters. The van der Waals surface area contributed by atoms with Crippen LogP contribution in [0.15, 0.2) is 0 Å². The smallest absolute Gasteiger partial charge is 0.0121 e. The average Bonchev–Trinajstić information content (AvgIpc) is 2.49. The fraction of sp³-hybridized carbons (Fsp3) is 1.00. The van der Waals surface area contributed by atoms with Gasteiger partial charge in [-0.3, -0.25) is 0 Å². The van der Waals surface area contributed by atoms with Gasteiger partial charge in [0.25, 0.3) is 0 Å². The van der Waals surface area contributed by atoms with E-state index in [1.165, 1.54) is 64.2 Å². The van der Waals surface area contributed by atoms with Gasteiger partial charge in [-0.05, 0) is 56.4 Å². The van der Waals surface area contributed by atoms with Crippen LogP contribution in [0.2, 0.25) is 0 Å². The molecule has 3 atom stereocenters. The van der Waals surface area contributed by atoms with E-state index in [4.69, 9.17) is 0 Å². The van der Waals surface area contributed by atoms with Crippen molar-refractivity contribution < 1.29 is 0 Å². The molecule has 2 aliphatic rings. The number of hydrogen-bond donors (Lipinski definition) is 1. The lowest BCUT2D eigenvalue weighted by molar-refractivity contribution is 0.136. The molecule has 0 spiro atoms. The lowest BCUT2D eigenvalue weighted by Crippen LogP contribution is -2.43. The van der Waals surface area contributed by atoms with E-state index in [9.17, 15) is 0 Å². The van der Waals surface area contributed by atoms with Crippen molar-refractivity contribution >= 4 is 0 Å². The highest BCUT2D eigenvalue weighted by Crippen LogP contribution is 2.40. The maximum Gasteiger partial charge on any atom is 0.0121 e. The van der Waals surface area contributed by atoms with Gasteiger partial charge in [-0.1, -0.05) is 52.4 Å². The largest absolute Gasteiger partial charge is 0.316 e. The molecule has 0 radical (unpaired) electrons. The summed E-state index contributed by atoms with van der Waals surface area (Å²) in [6, 6.07) is 0.812. The summed E-state index contributed by atoms with van der Waals surface area (Å²) in [5.74, 6) is 3.98. The highest BCUT2D eigenvalue weighted by Gasteiger charge is 2.33. The summed E-state index contributed by atoms with van der Waals surface area (Å²) in [5, 5.41) is 3.72. The van der Waals surface area contributed by atoms with E-state index in [0.717, 1.165) is 29.7 Å². The average molecular weight is 265 g/mol. The molecule has 0 amide bonds. The van der Waals surface area contributed by atoms with Crippen LogP contribution in [-0.4, -0.2) is 13.1 Å². The van der Waals surface area contributed by atoms with Crippen LogP contribution in [0.5, 0.6) is 0 Å². The molecular weight excluding hydrogens is 230 g/mol. The van der Waals surface area contributed by atoms with Crippen LogP contribution >= 0.6 is 0 Å². The second-order valence-corrected chi connectivity index (χ2v) is 7.20. The lowest BCUT2D eigenvalue weighted by Gasteiger charge is -2.41. The third-order valence-corrected chi connectivity index (χ3v) is 6.22. The van der Waals surface area contributed by atoms with Crippen LogP contribution in [0, 0.1) is 23.7 Å². The maximum atomic E-state index is 3.72. The maximum absolute atomic E-state index is 3.72. The summed E-state index contributed by atoms with van der Waals surface area (Å²) in [6.45, 7) is 4.75. The standard InChI is InChI=1S/C18H35N/c1-4-14-9-11-16(12-10-14)18(19-3)17-8-6-7-15(5-2)13-17/h14-19H,4-13H2,1-3H3. The predicted octanol–water partition coefficient (Wildman–Crippen LogP) is 5.01. The van der Waals surface area contributed by atoms with Crippen molar-refractivity contribution in [1.82, 2.24) is 5.32 Å². The van der Waals surface area contributed by atoms with E-state index >= 15 is 0 Å². The Morgan fingerprint density at radius 2 is 1.53 bits per heavy atom. The minimum Gasteiger partial charge on any atom is -0.316 e. The Morgan fingerprint density at radius 3 is 2.11 bits per heavy atom.